The molecule has 2 aromatic rings. The Labute approximate surface area is 159 Å². The second-order valence-electron chi connectivity index (χ2n) is 7.21. The fourth-order valence-corrected chi connectivity index (χ4v) is 4.03. The zero-order valence-corrected chi connectivity index (χ0v) is 15.1. The molecular weight excluding hydrogens is 389 g/mol. The van der Waals surface area contributed by atoms with E-state index in [-0.39, 0.29) is 43.1 Å². The number of aromatic nitrogens is 2. The number of benzene rings is 1. The molecule has 4 rings (SSSR count). The number of hydrogen-bond acceptors (Lipinski definition) is 2. The van der Waals surface area contributed by atoms with Crippen molar-refractivity contribution in [3.05, 3.63) is 53.1 Å². The highest BCUT2D eigenvalue weighted by Gasteiger charge is 2.66. The Morgan fingerprint density at radius 3 is 2.30 bits per heavy atom. The van der Waals surface area contributed by atoms with Crippen LogP contribution < -0.4 is 5.73 Å². The average Bonchev–Trinajstić information content (AvgIpc) is 3.30. The van der Waals surface area contributed by atoms with Crippen LogP contribution in [0, 0.1) is 11.6 Å². The Hall–Kier alpha value is -1.67. The van der Waals surface area contributed by atoms with E-state index in [2.05, 4.69) is 4.98 Å². The van der Waals surface area contributed by atoms with Gasteiger partial charge in [-0.3, -0.25) is 0 Å². The topological polar surface area (TPSA) is 43.8 Å². The van der Waals surface area contributed by atoms with E-state index in [9.17, 15) is 22.0 Å². The van der Waals surface area contributed by atoms with Gasteiger partial charge in [0.25, 0.3) is 0 Å². The summed E-state index contributed by atoms with van der Waals surface area (Å²) >= 11 is 0. The summed E-state index contributed by atoms with van der Waals surface area (Å²) in [5, 5.41) is 0. The molecule has 0 spiro atoms. The number of fused-ring (bicyclic) bond motifs is 1. The second kappa shape index (κ2) is 6.74. The highest BCUT2D eigenvalue weighted by molar-refractivity contribution is 5.85. The van der Waals surface area contributed by atoms with Crippen molar-refractivity contribution in [2.24, 2.45) is 5.73 Å². The number of halogens is 6. The molecule has 0 radical (unpaired) electrons. The van der Waals surface area contributed by atoms with E-state index >= 15 is 0 Å². The van der Waals surface area contributed by atoms with Gasteiger partial charge in [0.2, 0.25) is 0 Å². The molecule has 1 fully saturated rings. The number of nitrogens with zero attached hydrogens (tertiary/aromatic N) is 2. The number of rotatable bonds is 2. The normalized spacial score (nSPS) is 23.9. The molecule has 2 N–H and O–H groups in total. The van der Waals surface area contributed by atoms with Crippen LogP contribution in [-0.2, 0) is 12.0 Å². The monoisotopic (exact) mass is 407 g/mol. The standard InChI is InChI=1S/C18H18F5N3.ClH/c19-11-2-1-3-12(20)15(11)10-4-5-13(24)16-25-8-14(26(16)9-10)17(6-7-17)18(21,22)23;/h1-3,8,10,13H,4-7,9,24H2;1H/t10-,13-;/m1./s1. The van der Waals surface area contributed by atoms with Gasteiger partial charge in [-0.2, -0.15) is 13.2 Å². The molecule has 27 heavy (non-hydrogen) atoms. The third kappa shape index (κ3) is 3.12. The van der Waals surface area contributed by atoms with E-state index in [1.807, 2.05) is 0 Å². The van der Waals surface area contributed by atoms with E-state index in [1.54, 1.807) is 0 Å². The van der Waals surface area contributed by atoms with Crippen molar-refractivity contribution in [1.29, 1.82) is 0 Å². The lowest BCUT2D eigenvalue weighted by Crippen LogP contribution is -2.32. The predicted molar refractivity (Wildman–Crippen MR) is 91.7 cm³/mol. The van der Waals surface area contributed by atoms with Crippen LogP contribution in [0.4, 0.5) is 22.0 Å². The number of nitrogens with two attached hydrogens (primary N) is 1. The molecule has 0 saturated heterocycles. The van der Waals surface area contributed by atoms with Gasteiger partial charge in [0.1, 0.15) is 22.9 Å². The maximum Gasteiger partial charge on any atom is 0.399 e. The molecule has 148 valence electrons. The van der Waals surface area contributed by atoms with Crippen molar-refractivity contribution in [1.82, 2.24) is 9.55 Å². The van der Waals surface area contributed by atoms with Crippen LogP contribution >= 0.6 is 12.4 Å². The lowest BCUT2D eigenvalue weighted by molar-refractivity contribution is -0.162. The summed E-state index contributed by atoms with van der Waals surface area (Å²) < 4.78 is 70.7. The van der Waals surface area contributed by atoms with Crippen molar-refractivity contribution < 1.29 is 22.0 Å². The smallest absolute Gasteiger partial charge is 0.329 e. The Balaban J connectivity index is 0.00000210. The summed E-state index contributed by atoms with van der Waals surface area (Å²) in [5.74, 6) is -1.62. The quantitative estimate of drug-likeness (QED) is 0.730. The summed E-state index contributed by atoms with van der Waals surface area (Å²) in [6.07, 6.45) is -2.39. The molecule has 1 aromatic carbocycles. The van der Waals surface area contributed by atoms with Crippen LogP contribution in [0.25, 0.3) is 0 Å². The molecule has 0 amide bonds. The van der Waals surface area contributed by atoms with Gasteiger partial charge >= 0.3 is 6.18 Å². The molecule has 0 unspecified atom stereocenters. The lowest BCUT2D eigenvalue weighted by atomic mass is 9.92. The zero-order valence-electron chi connectivity index (χ0n) is 14.3. The van der Waals surface area contributed by atoms with Crippen molar-refractivity contribution in [3.8, 4) is 0 Å². The van der Waals surface area contributed by atoms with Gasteiger partial charge in [-0.05, 0) is 37.8 Å². The lowest BCUT2D eigenvalue weighted by Gasteiger charge is -2.24. The Bertz CT molecular complexity index is 824. The minimum Gasteiger partial charge on any atom is -0.329 e. The van der Waals surface area contributed by atoms with Gasteiger partial charge in [-0.15, -0.1) is 12.4 Å². The number of hydrogen-bond donors (Lipinski definition) is 1. The van der Waals surface area contributed by atoms with Crippen LogP contribution in [0.2, 0.25) is 0 Å². The van der Waals surface area contributed by atoms with E-state index in [1.165, 1.54) is 16.8 Å². The molecule has 2 atom stereocenters. The molecular formula is C18H19ClF5N3. The molecule has 1 aliphatic heterocycles. The Morgan fingerprint density at radius 1 is 1.11 bits per heavy atom. The van der Waals surface area contributed by atoms with Crippen LogP contribution in [0.1, 0.15) is 54.7 Å². The van der Waals surface area contributed by atoms with E-state index < -0.39 is 35.2 Å². The molecule has 0 bridgehead atoms. The summed E-state index contributed by atoms with van der Waals surface area (Å²) in [6.45, 7) is 0.0358. The first-order valence-corrected chi connectivity index (χ1v) is 8.57. The van der Waals surface area contributed by atoms with Gasteiger partial charge in [0, 0.05) is 24.2 Å². The van der Waals surface area contributed by atoms with Crippen LogP contribution in [0.3, 0.4) is 0 Å². The average molecular weight is 408 g/mol. The van der Waals surface area contributed by atoms with Gasteiger partial charge in [-0.1, -0.05) is 6.07 Å². The minimum atomic E-state index is -4.39. The third-order valence-corrected chi connectivity index (χ3v) is 5.64. The zero-order chi connectivity index (χ0) is 18.7. The third-order valence-electron chi connectivity index (χ3n) is 5.64. The molecule has 3 nitrogen and oxygen atoms in total. The first-order chi connectivity index (χ1) is 12.2. The van der Waals surface area contributed by atoms with E-state index in [4.69, 9.17) is 5.73 Å². The van der Waals surface area contributed by atoms with Gasteiger partial charge in [-0.25, -0.2) is 13.8 Å². The molecule has 2 heterocycles. The van der Waals surface area contributed by atoms with Crippen LogP contribution in [0.15, 0.2) is 24.4 Å². The van der Waals surface area contributed by atoms with Crippen molar-refractivity contribution >= 4 is 12.4 Å². The molecule has 1 saturated carbocycles. The van der Waals surface area contributed by atoms with E-state index in [0.29, 0.717) is 18.7 Å². The van der Waals surface area contributed by atoms with Crippen LogP contribution in [0.5, 0.6) is 0 Å². The van der Waals surface area contributed by atoms with E-state index in [0.717, 1.165) is 12.1 Å². The van der Waals surface area contributed by atoms with Crippen LogP contribution in [-0.4, -0.2) is 15.7 Å². The minimum absolute atomic E-state index is 0. The number of alkyl halides is 3. The summed E-state index contributed by atoms with van der Waals surface area (Å²) in [4.78, 5) is 4.14. The highest BCUT2D eigenvalue weighted by atomic mass is 35.5. The summed E-state index contributed by atoms with van der Waals surface area (Å²) in [5.41, 5.74) is 4.14. The number of imidazole rings is 1. The van der Waals surface area contributed by atoms with Gasteiger partial charge < -0.3 is 10.3 Å². The van der Waals surface area contributed by atoms with Gasteiger partial charge in [0.15, 0.2) is 0 Å². The van der Waals surface area contributed by atoms with Crippen molar-refractivity contribution in [2.45, 2.75) is 55.8 Å². The second-order valence-corrected chi connectivity index (χ2v) is 7.21. The fourth-order valence-electron chi connectivity index (χ4n) is 4.03. The highest BCUT2D eigenvalue weighted by Crippen LogP contribution is 2.59. The first-order valence-electron chi connectivity index (χ1n) is 8.57. The fraction of sp³-hybridized carbons (Fsp3) is 0.500. The molecule has 2 aliphatic rings. The first kappa shape index (κ1) is 20.1. The molecule has 9 heteroatoms. The summed E-state index contributed by atoms with van der Waals surface area (Å²) in [7, 11) is 0. The van der Waals surface area contributed by atoms with Crippen molar-refractivity contribution in [3.63, 3.8) is 0 Å². The SMILES string of the molecule is Cl.N[C@@H]1CC[C@@H](c2c(F)cccc2F)Cn2c(C3(C(F)(F)F)CC3)cnc21. The predicted octanol–water partition coefficient (Wildman–Crippen LogP) is 4.75. The maximum absolute atomic E-state index is 14.2. The summed E-state index contributed by atoms with van der Waals surface area (Å²) in [6, 6.07) is 3.04. The Morgan fingerprint density at radius 2 is 1.74 bits per heavy atom. The van der Waals surface area contributed by atoms with Crippen molar-refractivity contribution in [2.75, 3.05) is 0 Å². The Kier molecular flexibility index (Phi) is 5.01. The maximum atomic E-state index is 14.2. The molecule has 1 aromatic heterocycles. The van der Waals surface area contributed by atoms with Gasteiger partial charge in [0.05, 0.1) is 11.7 Å². The largest absolute Gasteiger partial charge is 0.399 e. The molecule has 1 aliphatic carbocycles.